The number of hydrogen-bond acceptors (Lipinski definition) is 5. The van der Waals surface area contributed by atoms with E-state index in [0.717, 1.165) is 4.90 Å². The Morgan fingerprint density at radius 1 is 1.12 bits per heavy atom. The van der Waals surface area contributed by atoms with Gasteiger partial charge in [0.1, 0.15) is 0 Å². The molecule has 0 atom stereocenters. The van der Waals surface area contributed by atoms with E-state index < -0.39 is 11.9 Å². The van der Waals surface area contributed by atoms with Crippen molar-refractivity contribution in [3.63, 3.8) is 0 Å². The molecule has 2 aromatic carbocycles. The van der Waals surface area contributed by atoms with Crippen LogP contribution < -0.4 is 5.32 Å². The molecule has 0 aromatic heterocycles. The van der Waals surface area contributed by atoms with Crippen molar-refractivity contribution in [2.45, 2.75) is 18.2 Å². The summed E-state index contributed by atoms with van der Waals surface area (Å²) in [5.41, 5.74) is 2.25. The number of nitriles is 1. The molecule has 0 fully saturated rings. The van der Waals surface area contributed by atoms with Crippen LogP contribution >= 0.6 is 11.8 Å². The topological polar surface area (TPSA) is 79.2 Å². The van der Waals surface area contributed by atoms with E-state index in [1.807, 2.05) is 37.3 Å². The quantitative estimate of drug-likeness (QED) is 0.608. The van der Waals surface area contributed by atoms with Gasteiger partial charge in [0.25, 0.3) is 5.91 Å². The predicted octanol–water partition coefficient (Wildman–Crippen LogP) is 3.53. The molecule has 1 amide bonds. The summed E-state index contributed by atoms with van der Waals surface area (Å²) in [7, 11) is 0. The molecule has 128 valence electrons. The summed E-state index contributed by atoms with van der Waals surface area (Å²) in [5.74, 6) is -0.224. The van der Waals surface area contributed by atoms with E-state index in [1.165, 1.54) is 5.56 Å². The van der Waals surface area contributed by atoms with Crippen LogP contribution in [0, 0.1) is 18.3 Å². The smallest absolute Gasteiger partial charge is 0.307 e. The molecular formula is C19H18N2O3S. The summed E-state index contributed by atoms with van der Waals surface area (Å²) in [6.45, 7) is 1.70. The second kappa shape index (κ2) is 9.50. The van der Waals surface area contributed by atoms with Crippen LogP contribution in [0.15, 0.2) is 53.4 Å². The number of hydrogen-bond donors (Lipinski definition) is 1. The van der Waals surface area contributed by atoms with Crippen LogP contribution in [0.2, 0.25) is 0 Å². The fourth-order valence-electron chi connectivity index (χ4n) is 1.93. The van der Waals surface area contributed by atoms with E-state index in [1.54, 1.807) is 36.0 Å². The first-order valence-corrected chi connectivity index (χ1v) is 8.70. The van der Waals surface area contributed by atoms with Crippen molar-refractivity contribution in [3.05, 3.63) is 59.7 Å². The minimum absolute atomic E-state index is 0.239. The Balaban J connectivity index is 1.65. The van der Waals surface area contributed by atoms with Crippen molar-refractivity contribution in [1.29, 1.82) is 5.26 Å². The fourth-order valence-corrected chi connectivity index (χ4v) is 2.76. The lowest BCUT2D eigenvalue weighted by Crippen LogP contribution is -2.21. The second-order valence-electron chi connectivity index (χ2n) is 5.31. The van der Waals surface area contributed by atoms with Gasteiger partial charge >= 0.3 is 5.97 Å². The van der Waals surface area contributed by atoms with Gasteiger partial charge in [-0.25, -0.2) is 0 Å². The summed E-state index contributed by atoms with van der Waals surface area (Å²) >= 11 is 1.57. The number of carbonyl (C=O) groups excluding carboxylic acids is 2. The van der Waals surface area contributed by atoms with E-state index in [2.05, 4.69) is 5.32 Å². The van der Waals surface area contributed by atoms with Crippen LogP contribution in [0.5, 0.6) is 0 Å². The van der Waals surface area contributed by atoms with Crippen molar-refractivity contribution >= 4 is 29.3 Å². The Hall–Kier alpha value is -2.78. The molecule has 1 N–H and O–H groups in total. The first kappa shape index (κ1) is 18.6. The van der Waals surface area contributed by atoms with Crippen molar-refractivity contribution in [3.8, 4) is 6.07 Å². The van der Waals surface area contributed by atoms with Crippen LogP contribution in [-0.2, 0) is 14.3 Å². The number of nitrogens with zero attached hydrogens (tertiary/aromatic N) is 1. The third-order valence-electron chi connectivity index (χ3n) is 3.26. The van der Waals surface area contributed by atoms with Gasteiger partial charge in [0.2, 0.25) is 0 Å². The molecule has 5 nitrogen and oxygen atoms in total. The number of thioether (sulfide) groups is 1. The Bertz CT molecular complexity index is 765. The summed E-state index contributed by atoms with van der Waals surface area (Å²) in [6, 6.07) is 16.5. The molecule has 25 heavy (non-hydrogen) atoms. The van der Waals surface area contributed by atoms with Gasteiger partial charge in [0, 0.05) is 16.3 Å². The van der Waals surface area contributed by atoms with Crippen LogP contribution in [0.25, 0.3) is 0 Å². The van der Waals surface area contributed by atoms with Gasteiger partial charge in [-0.05, 0) is 43.3 Å². The number of carbonyl (C=O) groups is 2. The van der Waals surface area contributed by atoms with Crippen molar-refractivity contribution in [1.82, 2.24) is 0 Å². The predicted molar refractivity (Wildman–Crippen MR) is 97.3 cm³/mol. The lowest BCUT2D eigenvalue weighted by Gasteiger charge is -2.07. The number of anilines is 1. The molecule has 0 radical (unpaired) electrons. The van der Waals surface area contributed by atoms with Crippen LogP contribution in [0.4, 0.5) is 5.69 Å². The van der Waals surface area contributed by atoms with Crippen molar-refractivity contribution < 1.29 is 14.3 Å². The zero-order valence-corrected chi connectivity index (χ0v) is 14.6. The van der Waals surface area contributed by atoms with Gasteiger partial charge in [-0.2, -0.15) is 5.26 Å². The molecule has 0 saturated heterocycles. The number of rotatable bonds is 7. The number of amides is 1. The van der Waals surface area contributed by atoms with E-state index >= 15 is 0 Å². The molecule has 0 saturated carbocycles. The molecule has 0 aliphatic carbocycles. The standard InChI is InChI=1S/C19H18N2O3S/c1-14-2-8-17(9-3-14)25-11-10-19(23)24-13-18(22)21-16-6-4-15(12-20)5-7-16/h2-9H,10-11,13H2,1H3,(H,21,22). The zero-order valence-electron chi connectivity index (χ0n) is 13.8. The highest BCUT2D eigenvalue weighted by Crippen LogP contribution is 2.19. The first-order chi connectivity index (χ1) is 12.1. The van der Waals surface area contributed by atoms with Gasteiger partial charge in [-0.1, -0.05) is 17.7 Å². The molecule has 6 heteroatoms. The maximum Gasteiger partial charge on any atom is 0.307 e. The third kappa shape index (κ3) is 6.69. The van der Waals surface area contributed by atoms with E-state index in [0.29, 0.717) is 17.0 Å². The van der Waals surface area contributed by atoms with E-state index in [-0.39, 0.29) is 13.0 Å². The van der Waals surface area contributed by atoms with E-state index in [9.17, 15) is 9.59 Å². The highest BCUT2D eigenvalue weighted by atomic mass is 32.2. The van der Waals surface area contributed by atoms with Crippen molar-refractivity contribution in [2.75, 3.05) is 17.7 Å². The van der Waals surface area contributed by atoms with Gasteiger partial charge in [0.15, 0.2) is 6.61 Å². The number of benzene rings is 2. The highest BCUT2D eigenvalue weighted by Gasteiger charge is 2.08. The van der Waals surface area contributed by atoms with Crippen molar-refractivity contribution in [2.24, 2.45) is 0 Å². The molecule has 0 bridgehead atoms. The third-order valence-corrected chi connectivity index (χ3v) is 4.27. The van der Waals surface area contributed by atoms with E-state index in [4.69, 9.17) is 10.00 Å². The summed E-state index contributed by atoms with van der Waals surface area (Å²) < 4.78 is 4.96. The number of aryl methyl sites for hydroxylation is 1. The van der Waals surface area contributed by atoms with Crippen LogP contribution in [0.1, 0.15) is 17.5 Å². The molecule has 0 heterocycles. The number of esters is 1. The van der Waals surface area contributed by atoms with Gasteiger partial charge in [-0.15, -0.1) is 11.8 Å². The number of nitrogens with one attached hydrogen (secondary N) is 1. The maximum absolute atomic E-state index is 11.7. The Morgan fingerprint density at radius 2 is 1.80 bits per heavy atom. The maximum atomic E-state index is 11.7. The Kier molecular flexibility index (Phi) is 7.05. The minimum atomic E-state index is -0.413. The molecule has 0 aliphatic heterocycles. The molecule has 2 aromatic rings. The van der Waals surface area contributed by atoms with Gasteiger partial charge in [0.05, 0.1) is 18.1 Å². The minimum Gasteiger partial charge on any atom is -0.456 e. The fraction of sp³-hybridized carbons (Fsp3) is 0.211. The summed E-state index contributed by atoms with van der Waals surface area (Å²) in [5, 5.41) is 11.3. The Morgan fingerprint density at radius 3 is 2.44 bits per heavy atom. The van der Waals surface area contributed by atoms with Crippen LogP contribution in [-0.4, -0.2) is 24.2 Å². The molecule has 2 rings (SSSR count). The molecular weight excluding hydrogens is 336 g/mol. The largest absolute Gasteiger partial charge is 0.456 e. The molecule has 0 aliphatic rings. The first-order valence-electron chi connectivity index (χ1n) is 7.72. The lowest BCUT2D eigenvalue weighted by molar-refractivity contribution is -0.146. The highest BCUT2D eigenvalue weighted by molar-refractivity contribution is 7.99. The van der Waals surface area contributed by atoms with Crippen LogP contribution in [0.3, 0.4) is 0 Å². The molecule has 0 unspecified atom stereocenters. The average Bonchev–Trinajstić information content (AvgIpc) is 2.62. The zero-order chi connectivity index (χ0) is 18.1. The average molecular weight is 354 g/mol. The lowest BCUT2D eigenvalue weighted by atomic mass is 10.2. The summed E-state index contributed by atoms with van der Waals surface area (Å²) in [4.78, 5) is 24.5. The normalized spacial score (nSPS) is 9.92. The van der Waals surface area contributed by atoms with Gasteiger partial charge in [-0.3, -0.25) is 9.59 Å². The number of ether oxygens (including phenoxy) is 1. The summed E-state index contributed by atoms with van der Waals surface area (Å²) in [6.07, 6.45) is 0.239. The van der Waals surface area contributed by atoms with Gasteiger partial charge < -0.3 is 10.1 Å². The monoisotopic (exact) mass is 354 g/mol. The molecule has 0 spiro atoms. The second-order valence-corrected chi connectivity index (χ2v) is 6.48. The SMILES string of the molecule is Cc1ccc(SCCC(=O)OCC(=O)Nc2ccc(C#N)cc2)cc1. The Labute approximate surface area is 151 Å².